The molecule has 0 aliphatic heterocycles. The third-order valence-corrected chi connectivity index (χ3v) is 5.81. The van der Waals surface area contributed by atoms with Gasteiger partial charge in [0.05, 0.1) is 16.3 Å². The third kappa shape index (κ3) is 5.27. The van der Waals surface area contributed by atoms with Crippen molar-refractivity contribution in [1.82, 2.24) is 4.98 Å². The molecule has 1 aromatic heterocycles. The van der Waals surface area contributed by atoms with Crippen molar-refractivity contribution in [2.24, 2.45) is 4.99 Å². The van der Waals surface area contributed by atoms with Crippen molar-refractivity contribution in [3.63, 3.8) is 0 Å². The van der Waals surface area contributed by atoms with Gasteiger partial charge in [-0.1, -0.05) is 29.3 Å². The van der Waals surface area contributed by atoms with Gasteiger partial charge in [0.1, 0.15) is 11.3 Å². The van der Waals surface area contributed by atoms with Crippen molar-refractivity contribution in [1.29, 1.82) is 0 Å². The minimum atomic E-state index is -0.553. The van der Waals surface area contributed by atoms with Crippen LogP contribution in [0.5, 0.6) is 5.75 Å². The van der Waals surface area contributed by atoms with Crippen LogP contribution < -0.4 is 4.74 Å². The zero-order valence-electron chi connectivity index (χ0n) is 18.5. The predicted molar refractivity (Wildman–Crippen MR) is 139 cm³/mol. The maximum absolute atomic E-state index is 12.4. The Morgan fingerprint density at radius 2 is 1.71 bits per heavy atom. The highest BCUT2D eigenvalue weighted by Crippen LogP contribution is 2.27. The zero-order chi connectivity index (χ0) is 24.4. The number of carbonyl (C=O) groups is 1. The molecule has 7 heteroatoms. The molecule has 1 heterocycles. The molecule has 0 saturated heterocycles. The predicted octanol–water partition coefficient (Wildman–Crippen LogP) is 8.08. The number of hydrogen-bond acceptors (Lipinski definition) is 5. The molecule has 0 radical (unpaired) electrons. The largest absolute Gasteiger partial charge is 0.436 e. The summed E-state index contributed by atoms with van der Waals surface area (Å²) in [7, 11) is 0. The van der Waals surface area contributed by atoms with E-state index in [-0.39, 0.29) is 10.6 Å². The van der Waals surface area contributed by atoms with Gasteiger partial charge in [-0.25, -0.2) is 9.78 Å². The fourth-order valence-electron chi connectivity index (χ4n) is 3.44. The molecule has 0 saturated carbocycles. The third-order valence-electron chi connectivity index (χ3n) is 5.26. The number of aryl methyl sites for hydroxylation is 1. The van der Waals surface area contributed by atoms with Gasteiger partial charge >= 0.3 is 5.97 Å². The molecule has 35 heavy (non-hydrogen) atoms. The van der Waals surface area contributed by atoms with Crippen LogP contribution in [0.4, 0.5) is 5.69 Å². The molecule has 0 N–H and O–H groups in total. The molecule has 0 atom stereocenters. The van der Waals surface area contributed by atoms with Crippen molar-refractivity contribution < 1.29 is 13.9 Å². The molecular formula is C28H18Cl2N2O3. The van der Waals surface area contributed by atoms with Crippen molar-refractivity contribution in [3.8, 4) is 17.2 Å². The van der Waals surface area contributed by atoms with Crippen molar-refractivity contribution >= 4 is 52.2 Å². The topological polar surface area (TPSA) is 64.7 Å². The molecule has 0 bridgehead atoms. The molecule has 5 rings (SSSR count). The Morgan fingerprint density at radius 3 is 2.46 bits per heavy atom. The number of rotatable bonds is 5. The first-order valence-electron chi connectivity index (χ1n) is 10.7. The van der Waals surface area contributed by atoms with Gasteiger partial charge in [-0.2, -0.15) is 0 Å². The second-order valence-corrected chi connectivity index (χ2v) is 8.72. The molecule has 172 valence electrons. The Kier molecular flexibility index (Phi) is 6.36. The standard InChI is InChI=1S/C28H18Cl2N2O3/c1-17-2-13-26-25(14-17)32-27(35-26)19-5-8-21(9-6-19)31-16-18-3-10-22(11-4-18)34-28(33)23-12-7-20(29)15-24(23)30/h2-16H,1H3. The summed E-state index contributed by atoms with van der Waals surface area (Å²) in [5.74, 6) is 0.421. The second-order valence-electron chi connectivity index (χ2n) is 7.88. The van der Waals surface area contributed by atoms with Crippen molar-refractivity contribution in [2.75, 3.05) is 0 Å². The van der Waals surface area contributed by atoms with E-state index in [9.17, 15) is 4.79 Å². The Labute approximate surface area is 211 Å². The lowest BCUT2D eigenvalue weighted by Gasteiger charge is -2.06. The first kappa shape index (κ1) is 22.8. The lowest BCUT2D eigenvalue weighted by molar-refractivity contribution is 0.0735. The highest BCUT2D eigenvalue weighted by molar-refractivity contribution is 6.36. The first-order chi connectivity index (χ1) is 16.9. The summed E-state index contributed by atoms with van der Waals surface area (Å²) in [6.45, 7) is 2.03. The molecule has 5 aromatic rings. The molecule has 4 aromatic carbocycles. The minimum absolute atomic E-state index is 0.239. The van der Waals surface area contributed by atoms with Gasteiger partial charge in [-0.05, 0) is 96.9 Å². The van der Waals surface area contributed by atoms with Crippen LogP contribution in [0, 0.1) is 6.92 Å². The maximum atomic E-state index is 12.4. The lowest BCUT2D eigenvalue weighted by atomic mass is 10.2. The van der Waals surface area contributed by atoms with Crippen LogP contribution in [0.15, 0.2) is 94.3 Å². The van der Waals surface area contributed by atoms with Crippen LogP contribution in [0.3, 0.4) is 0 Å². The summed E-state index contributed by atoms with van der Waals surface area (Å²) in [5.41, 5.74) is 5.51. The van der Waals surface area contributed by atoms with Crippen LogP contribution in [0.1, 0.15) is 21.5 Å². The number of nitrogens with zero attached hydrogens (tertiary/aromatic N) is 2. The Hall–Kier alpha value is -3.93. The second kappa shape index (κ2) is 9.74. The number of halogens is 2. The van der Waals surface area contributed by atoms with E-state index in [0.717, 1.165) is 33.5 Å². The molecule has 5 nitrogen and oxygen atoms in total. The Bertz CT molecular complexity index is 1560. The molecule has 0 unspecified atom stereocenters. The fraction of sp³-hybridized carbons (Fsp3) is 0.0357. The summed E-state index contributed by atoms with van der Waals surface area (Å²) in [5, 5.41) is 0.689. The number of ether oxygens (including phenoxy) is 1. The molecule has 0 amide bonds. The van der Waals surface area contributed by atoms with Crippen LogP contribution in [0.25, 0.3) is 22.6 Å². The number of fused-ring (bicyclic) bond motifs is 1. The average Bonchev–Trinajstić information content (AvgIpc) is 3.27. The number of aliphatic imine (C=N–C) groups is 1. The quantitative estimate of drug-likeness (QED) is 0.139. The van der Waals surface area contributed by atoms with E-state index in [1.165, 1.54) is 12.1 Å². The fourth-order valence-corrected chi connectivity index (χ4v) is 3.92. The average molecular weight is 501 g/mol. The molecule has 0 spiro atoms. The summed E-state index contributed by atoms with van der Waals surface area (Å²) in [4.78, 5) is 21.4. The molecule has 0 fully saturated rings. The first-order valence-corrected chi connectivity index (χ1v) is 11.5. The Morgan fingerprint density at radius 1 is 0.943 bits per heavy atom. The van der Waals surface area contributed by atoms with Gasteiger partial charge < -0.3 is 9.15 Å². The van der Waals surface area contributed by atoms with Gasteiger partial charge in [0.25, 0.3) is 0 Å². The highest BCUT2D eigenvalue weighted by atomic mass is 35.5. The van der Waals surface area contributed by atoms with E-state index in [1.54, 1.807) is 24.4 Å². The van der Waals surface area contributed by atoms with Gasteiger partial charge in [0.2, 0.25) is 5.89 Å². The van der Waals surface area contributed by atoms with E-state index >= 15 is 0 Å². The summed E-state index contributed by atoms with van der Waals surface area (Å²) in [6, 6.07) is 25.2. The monoisotopic (exact) mass is 500 g/mol. The SMILES string of the molecule is Cc1ccc2oc(-c3ccc(N=Cc4ccc(OC(=O)c5ccc(Cl)cc5Cl)cc4)cc3)nc2c1. The summed E-state index contributed by atoms with van der Waals surface area (Å²) >= 11 is 11.9. The molecule has 0 aliphatic carbocycles. The minimum Gasteiger partial charge on any atom is -0.436 e. The molecular weight excluding hydrogens is 483 g/mol. The number of hydrogen-bond donors (Lipinski definition) is 0. The normalized spacial score (nSPS) is 11.3. The lowest BCUT2D eigenvalue weighted by Crippen LogP contribution is -2.09. The smallest absolute Gasteiger partial charge is 0.345 e. The zero-order valence-corrected chi connectivity index (χ0v) is 20.0. The van der Waals surface area contributed by atoms with E-state index in [0.29, 0.717) is 16.7 Å². The van der Waals surface area contributed by atoms with Crippen LogP contribution in [-0.4, -0.2) is 17.2 Å². The van der Waals surface area contributed by atoms with Crippen LogP contribution in [-0.2, 0) is 0 Å². The number of aromatic nitrogens is 1. The highest BCUT2D eigenvalue weighted by Gasteiger charge is 2.13. The van der Waals surface area contributed by atoms with Gasteiger partial charge in [0, 0.05) is 16.8 Å². The summed E-state index contributed by atoms with van der Waals surface area (Å²) < 4.78 is 11.3. The van der Waals surface area contributed by atoms with Crippen LogP contribution in [0.2, 0.25) is 10.0 Å². The van der Waals surface area contributed by atoms with Gasteiger partial charge in [-0.15, -0.1) is 0 Å². The van der Waals surface area contributed by atoms with E-state index in [2.05, 4.69) is 9.98 Å². The number of oxazole rings is 1. The van der Waals surface area contributed by atoms with E-state index in [4.69, 9.17) is 32.4 Å². The number of esters is 1. The van der Waals surface area contributed by atoms with Crippen molar-refractivity contribution in [3.05, 3.63) is 112 Å². The Balaban J connectivity index is 1.24. The molecule has 0 aliphatic rings. The number of benzene rings is 4. The van der Waals surface area contributed by atoms with Gasteiger partial charge in [0.15, 0.2) is 5.58 Å². The van der Waals surface area contributed by atoms with Crippen molar-refractivity contribution in [2.45, 2.75) is 6.92 Å². The van der Waals surface area contributed by atoms with E-state index in [1.807, 2.05) is 61.5 Å². The maximum Gasteiger partial charge on any atom is 0.345 e. The van der Waals surface area contributed by atoms with Gasteiger partial charge in [-0.3, -0.25) is 4.99 Å². The summed E-state index contributed by atoms with van der Waals surface area (Å²) in [6.07, 6.45) is 1.74. The number of carbonyl (C=O) groups excluding carboxylic acids is 1. The van der Waals surface area contributed by atoms with Crippen LogP contribution >= 0.6 is 23.2 Å². The van der Waals surface area contributed by atoms with E-state index < -0.39 is 5.97 Å².